The zero-order valence-corrected chi connectivity index (χ0v) is 12.1. The first-order chi connectivity index (χ1) is 8.58. The maximum atomic E-state index is 11.8. The summed E-state index contributed by atoms with van der Waals surface area (Å²) in [6.07, 6.45) is 3.60. The fraction of sp³-hybridized carbons (Fsp3) is 0.467. The number of alkyl halides is 1. The maximum absolute atomic E-state index is 11.8. The Morgan fingerprint density at radius 1 is 1.39 bits per heavy atom. The Hall–Kier alpha value is -0.960. The topological polar surface area (TPSA) is 34.1 Å². The summed E-state index contributed by atoms with van der Waals surface area (Å²) in [5.41, 5.74) is 1.87. The summed E-state index contributed by atoms with van der Waals surface area (Å²) in [7, 11) is 0. The van der Waals surface area contributed by atoms with Gasteiger partial charge in [-0.2, -0.15) is 0 Å². The van der Waals surface area contributed by atoms with E-state index >= 15 is 0 Å². The van der Waals surface area contributed by atoms with Crippen LogP contribution in [-0.4, -0.2) is 16.4 Å². The van der Waals surface area contributed by atoms with E-state index in [-0.39, 0.29) is 16.5 Å². The van der Waals surface area contributed by atoms with Crippen molar-refractivity contribution in [3.05, 3.63) is 35.4 Å². The zero-order chi connectivity index (χ0) is 13.1. The van der Waals surface area contributed by atoms with Gasteiger partial charge in [0.05, 0.1) is 4.83 Å². The van der Waals surface area contributed by atoms with E-state index in [2.05, 4.69) is 15.9 Å². The predicted octanol–water partition coefficient (Wildman–Crippen LogP) is 3.56. The average molecular weight is 309 g/mol. The van der Waals surface area contributed by atoms with E-state index in [0.717, 1.165) is 36.8 Å². The number of benzene rings is 1. The van der Waals surface area contributed by atoms with Crippen molar-refractivity contribution in [2.45, 2.75) is 37.4 Å². The first-order valence-electron chi connectivity index (χ1n) is 6.38. The van der Waals surface area contributed by atoms with Crippen LogP contribution in [0.3, 0.4) is 0 Å². The van der Waals surface area contributed by atoms with Gasteiger partial charge in [-0.1, -0.05) is 40.2 Å². The minimum Gasteiger partial charge on any atom is -0.299 e. The van der Waals surface area contributed by atoms with Gasteiger partial charge >= 0.3 is 0 Å². The van der Waals surface area contributed by atoms with Crippen LogP contribution in [0.1, 0.15) is 42.1 Å². The molecule has 0 spiro atoms. The summed E-state index contributed by atoms with van der Waals surface area (Å²) in [5.74, 6) is 0.685. The molecule has 0 N–H and O–H groups in total. The first-order valence-corrected chi connectivity index (χ1v) is 7.29. The number of ketones is 2. The molecule has 2 nitrogen and oxygen atoms in total. The number of halogens is 1. The third-order valence-corrected chi connectivity index (χ3v) is 3.93. The Labute approximate surface area is 116 Å². The maximum Gasteiger partial charge on any atom is 0.176 e. The van der Waals surface area contributed by atoms with E-state index in [1.165, 1.54) is 0 Å². The van der Waals surface area contributed by atoms with E-state index in [1.807, 2.05) is 31.2 Å². The van der Waals surface area contributed by atoms with Crippen molar-refractivity contribution in [1.82, 2.24) is 0 Å². The van der Waals surface area contributed by atoms with Gasteiger partial charge in [-0.15, -0.1) is 0 Å². The number of carbonyl (C=O) groups is 2. The highest BCUT2D eigenvalue weighted by atomic mass is 79.9. The summed E-state index contributed by atoms with van der Waals surface area (Å²) in [6.45, 7) is 1.83. The molecule has 96 valence electrons. The lowest BCUT2D eigenvalue weighted by molar-refractivity contribution is -0.120. The van der Waals surface area contributed by atoms with Gasteiger partial charge in [-0.25, -0.2) is 0 Å². The minimum atomic E-state index is -0.153. The van der Waals surface area contributed by atoms with E-state index in [0.29, 0.717) is 5.78 Å². The van der Waals surface area contributed by atoms with Crippen LogP contribution in [0.5, 0.6) is 0 Å². The van der Waals surface area contributed by atoms with Crippen molar-refractivity contribution < 1.29 is 9.59 Å². The molecule has 0 saturated heterocycles. The number of hydrogen-bond donors (Lipinski definition) is 0. The van der Waals surface area contributed by atoms with E-state index in [1.54, 1.807) is 0 Å². The monoisotopic (exact) mass is 308 g/mol. The average Bonchev–Trinajstić information content (AvgIpc) is 2.75. The molecule has 0 heterocycles. The molecule has 0 bridgehead atoms. The first kappa shape index (κ1) is 13.5. The van der Waals surface area contributed by atoms with Crippen molar-refractivity contribution in [1.29, 1.82) is 0 Å². The number of carbonyl (C=O) groups excluding carboxylic acids is 2. The molecule has 0 radical (unpaired) electrons. The molecule has 2 unspecified atom stereocenters. The minimum absolute atomic E-state index is 0.0958. The highest BCUT2D eigenvalue weighted by molar-refractivity contribution is 9.10. The molecular formula is C15H17BrO2. The SMILES string of the molecule is CC(Br)C(=O)c1ccc(CC2CCCC2=O)cc1. The number of Topliss-reactive ketones (excluding diaryl/α,β-unsaturated/α-hetero) is 2. The molecule has 3 heteroatoms. The van der Waals surface area contributed by atoms with Crippen LogP contribution in [0.25, 0.3) is 0 Å². The molecule has 0 aliphatic heterocycles. The number of hydrogen-bond acceptors (Lipinski definition) is 2. The van der Waals surface area contributed by atoms with Gasteiger partial charge in [0.15, 0.2) is 5.78 Å². The van der Waals surface area contributed by atoms with Crippen LogP contribution in [0.2, 0.25) is 0 Å². The van der Waals surface area contributed by atoms with Crippen LogP contribution >= 0.6 is 15.9 Å². The molecule has 1 aromatic rings. The highest BCUT2D eigenvalue weighted by Crippen LogP contribution is 2.25. The van der Waals surface area contributed by atoms with E-state index in [9.17, 15) is 9.59 Å². The quantitative estimate of drug-likeness (QED) is 0.629. The van der Waals surface area contributed by atoms with Crippen molar-refractivity contribution in [3.8, 4) is 0 Å². The Morgan fingerprint density at radius 3 is 2.56 bits per heavy atom. The van der Waals surface area contributed by atoms with E-state index < -0.39 is 0 Å². The van der Waals surface area contributed by atoms with Crippen molar-refractivity contribution in [2.75, 3.05) is 0 Å². The molecule has 2 rings (SSSR count). The predicted molar refractivity (Wildman–Crippen MR) is 75.2 cm³/mol. The van der Waals surface area contributed by atoms with Crippen LogP contribution < -0.4 is 0 Å². The van der Waals surface area contributed by atoms with Crippen LogP contribution in [0.4, 0.5) is 0 Å². The van der Waals surface area contributed by atoms with Crippen LogP contribution in [0, 0.1) is 5.92 Å². The van der Waals surface area contributed by atoms with Crippen LogP contribution in [0.15, 0.2) is 24.3 Å². The third-order valence-electron chi connectivity index (χ3n) is 3.51. The lowest BCUT2D eigenvalue weighted by Gasteiger charge is -2.09. The van der Waals surface area contributed by atoms with Crippen molar-refractivity contribution in [3.63, 3.8) is 0 Å². The fourth-order valence-corrected chi connectivity index (χ4v) is 2.69. The summed E-state index contributed by atoms with van der Waals surface area (Å²) < 4.78 is 0. The zero-order valence-electron chi connectivity index (χ0n) is 10.5. The number of rotatable bonds is 4. The molecule has 1 aliphatic rings. The third kappa shape index (κ3) is 3.08. The van der Waals surface area contributed by atoms with Crippen LogP contribution in [-0.2, 0) is 11.2 Å². The largest absolute Gasteiger partial charge is 0.299 e. The van der Waals surface area contributed by atoms with E-state index in [4.69, 9.17) is 0 Å². The second-order valence-corrected chi connectivity index (χ2v) is 6.31. The smallest absolute Gasteiger partial charge is 0.176 e. The Balaban J connectivity index is 2.03. The van der Waals surface area contributed by atoms with Crippen molar-refractivity contribution in [2.24, 2.45) is 5.92 Å². The molecular weight excluding hydrogens is 292 g/mol. The lowest BCUT2D eigenvalue weighted by Crippen LogP contribution is -2.11. The van der Waals surface area contributed by atoms with Gasteiger partial charge in [-0.05, 0) is 31.7 Å². The molecule has 1 aliphatic carbocycles. The Kier molecular flexibility index (Phi) is 4.33. The summed E-state index contributed by atoms with van der Waals surface area (Å²) >= 11 is 3.28. The molecule has 0 aromatic heterocycles. The van der Waals surface area contributed by atoms with Gasteiger partial charge in [-0.3, -0.25) is 9.59 Å². The molecule has 1 saturated carbocycles. The van der Waals surface area contributed by atoms with Crippen molar-refractivity contribution >= 4 is 27.5 Å². The Morgan fingerprint density at radius 2 is 2.06 bits per heavy atom. The lowest BCUT2D eigenvalue weighted by atomic mass is 9.96. The van der Waals surface area contributed by atoms with Gasteiger partial charge in [0, 0.05) is 17.9 Å². The van der Waals surface area contributed by atoms with Gasteiger partial charge in [0.1, 0.15) is 5.78 Å². The Bertz CT molecular complexity index is 448. The molecule has 18 heavy (non-hydrogen) atoms. The summed E-state index contributed by atoms with van der Waals surface area (Å²) in [4.78, 5) is 23.2. The molecule has 0 amide bonds. The van der Waals surface area contributed by atoms with Gasteiger partial charge < -0.3 is 0 Å². The summed E-state index contributed by atoms with van der Waals surface area (Å²) in [6, 6.07) is 7.64. The van der Waals surface area contributed by atoms with Gasteiger partial charge in [0.2, 0.25) is 0 Å². The molecule has 2 atom stereocenters. The molecule has 1 fully saturated rings. The summed E-state index contributed by atoms with van der Waals surface area (Å²) in [5, 5.41) is 0. The second kappa shape index (κ2) is 5.79. The fourth-order valence-electron chi connectivity index (χ4n) is 2.42. The standard InChI is InChI=1S/C15H17BrO2/c1-10(16)15(18)12-7-5-11(6-8-12)9-13-3-2-4-14(13)17/h5-8,10,13H,2-4,9H2,1H3. The molecule has 1 aromatic carbocycles. The highest BCUT2D eigenvalue weighted by Gasteiger charge is 2.24. The van der Waals surface area contributed by atoms with Gasteiger partial charge in [0.25, 0.3) is 0 Å². The second-order valence-electron chi connectivity index (χ2n) is 4.94. The normalized spacial score (nSPS) is 21.0.